The lowest BCUT2D eigenvalue weighted by Crippen LogP contribution is -2.17. The van der Waals surface area contributed by atoms with E-state index < -0.39 is 0 Å². The Morgan fingerprint density at radius 2 is 0.627 bits per heavy atom. The summed E-state index contributed by atoms with van der Waals surface area (Å²) < 4.78 is 0. The molecular weight excluding hydrogens is 809 g/mol. The van der Waals surface area contributed by atoms with Gasteiger partial charge in [0.05, 0.1) is 0 Å². The fraction of sp³-hybridized carbons (Fsp3) is 0.0462. The number of nitrogens with zero attached hydrogens (tertiary/aromatic N) is 2. The highest BCUT2D eigenvalue weighted by Crippen LogP contribution is 2.56. The van der Waals surface area contributed by atoms with Crippen LogP contribution in [0.5, 0.6) is 0 Å². The van der Waals surface area contributed by atoms with Gasteiger partial charge >= 0.3 is 0 Å². The molecule has 1 aliphatic carbocycles. The van der Waals surface area contributed by atoms with E-state index in [1.54, 1.807) is 0 Å². The average Bonchev–Trinajstić information content (AvgIpc) is 3.64. The van der Waals surface area contributed by atoms with Crippen LogP contribution in [0.15, 0.2) is 255 Å². The fourth-order valence-corrected chi connectivity index (χ4v) is 10.6. The minimum absolute atomic E-state index is 0.295. The number of para-hydroxylation sites is 1. The maximum atomic E-state index is 2.46. The summed E-state index contributed by atoms with van der Waals surface area (Å²) in [6, 6.07) is 92.9. The zero-order chi connectivity index (χ0) is 44.9. The third-order valence-corrected chi connectivity index (χ3v) is 13.8. The van der Waals surface area contributed by atoms with Gasteiger partial charge in [-0.1, -0.05) is 196 Å². The molecule has 0 aromatic heterocycles. The van der Waals surface area contributed by atoms with Crippen molar-refractivity contribution in [3.8, 4) is 44.5 Å². The summed E-state index contributed by atoms with van der Waals surface area (Å²) in [6.45, 7) is 4.84. The smallest absolute Gasteiger partial charge is 0.0468 e. The van der Waals surface area contributed by atoms with E-state index in [1.165, 1.54) is 77.2 Å². The minimum atomic E-state index is -0.295. The van der Waals surface area contributed by atoms with Crippen molar-refractivity contribution in [1.29, 1.82) is 0 Å². The Balaban J connectivity index is 0.986. The van der Waals surface area contributed by atoms with Crippen LogP contribution in [0.3, 0.4) is 0 Å². The van der Waals surface area contributed by atoms with E-state index >= 15 is 0 Å². The van der Waals surface area contributed by atoms with Crippen LogP contribution in [0.4, 0.5) is 34.1 Å². The van der Waals surface area contributed by atoms with Gasteiger partial charge in [0, 0.05) is 39.5 Å². The molecule has 0 saturated heterocycles. The number of fused-ring (bicyclic) bond motifs is 8. The predicted molar refractivity (Wildman–Crippen MR) is 285 cm³/mol. The number of hydrogen-bond donors (Lipinski definition) is 0. The molecule has 0 saturated carbocycles. The molecule has 0 fully saturated rings. The molecule has 0 aliphatic heterocycles. The summed E-state index contributed by atoms with van der Waals surface area (Å²) >= 11 is 0. The van der Waals surface area contributed by atoms with Crippen molar-refractivity contribution < 1.29 is 0 Å². The maximum Gasteiger partial charge on any atom is 0.0468 e. The van der Waals surface area contributed by atoms with E-state index in [2.05, 4.69) is 278 Å². The van der Waals surface area contributed by atoms with E-state index in [0.717, 1.165) is 34.1 Å². The van der Waals surface area contributed by atoms with Crippen LogP contribution in [0, 0.1) is 0 Å². The highest BCUT2D eigenvalue weighted by atomic mass is 15.1. The van der Waals surface area contributed by atoms with E-state index in [0.29, 0.717) is 0 Å². The molecule has 67 heavy (non-hydrogen) atoms. The van der Waals surface area contributed by atoms with E-state index in [4.69, 9.17) is 0 Å². The molecule has 0 spiro atoms. The van der Waals surface area contributed by atoms with Gasteiger partial charge in [0.1, 0.15) is 0 Å². The van der Waals surface area contributed by atoms with Crippen LogP contribution in [-0.4, -0.2) is 0 Å². The van der Waals surface area contributed by atoms with E-state index in [-0.39, 0.29) is 5.41 Å². The molecule has 11 aromatic rings. The van der Waals surface area contributed by atoms with Crippen LogP contribution in [0.25, 0.3) is 66.1 Å². The van der Waals surface area contributed by atoms with Crippen molar-refractivity contribution in [2.24, 2.45) is 0 Å². The van der Waals surface area contributed by atoms with E-state index in [1.807, 2.05) is 0 Å². The summed E-state index contributed by atoms with van der Waals surface area (Å²) in [5, 5.41) is 5.09. The van der Waals surface area contributed by atoms with Crippen LogP contribution >= 0.6 is 0 Å². The van der Waals surface area contributed by atoms with Crippen molar-refractivity contribution in [2.45, 2.75) is 19.3 Å². The zero-order valence-corrected chi connectivity index (χ0v) is 37.6. The van der Waals surface area contributed by atoms with Crippen LogP contribution < -0.4 is 9.80 Å². The Kier molecular flexibility index (Phi) is 9.88. The van der Waals surface area contributed by atoms with Gasteiger partial charge in [-0.25, -0.2) is 0 Å². The van der Waals surface area contributed by atoms with Crippen molar-refractivity contribution in [2.75, 3.05) is 9.80 Å². The maximum absolute atomic E-state index is 2.46. The van der Waals surface area contributed by atoms with Gasteiger partial charge in [0.2, 0.25) is 0 Å². The molecule has 12 rings (SSSR count). The molecule has 1 aliphatic rings. The molecule has 0 radical (unpaired) electrons. The highest BCUT2D eigenvalue weighted by molar-refractivity contribution is 6.19. The topological polar surface area (TPSA) is 6.48 Å². The van der Waals surface area contributed by atoms with Crippen molar-refractivity contribution in [3.63, 3.8) is 0 Å². The first kappa shape index (κ1) is 40.1. The monoisotopic (exact) mass is 856 g/mol. The first-order valence-corrected chi connectivity index (χ1v) is 23.3. The summed E-state index contributed by atoms with van der Waals surface area (Å²) in [4.78, 5) is 4.80. The van der Waals surface area contributed by atoms with Crippen molar-refractivity contribution in [3.05, 3.63) is 266 Å². The molecule has 0 bridgehead atoms. The minimum Gasteiger partial charge on any atom is -0.310 e. The van der Waals surface area contributed by atoms with Crippen LogP contribution in [0.2, 0.25) is 0 Å². The SMILES string of the molecule is CC1(C)c2cc(N(c3ccc(-c4ccccc4)cc3)c3ccc(-c4ccccc4)cc3)ccc2-c2c1c1ccc(N(c3ccccc3)c3ccc(-c4ccccc4)cc3)cc1c1ccccc21. The zero-order valence-electron chi connectivity index (χ0n) is 37.6. The van der Waals surface area contributed by atoms with Gasteiger partial charge in [0.15, 0.2) is 0 Å². The first-order chi connectivity index (χ1) is 33.0. The van der Waals surface area contributed by atoms with Gasteiger partial charge in [-0.05, 0) is 150 Å². The Morgan fingerprint density at radius 3 is 1.10 bits per heavy atom. The molecule has 0 amide bonds. The van der Waals surface area contributed by atoms with E-state index in [9.17, 15) is 0 Å². The second-order valence-corrected chi connectivity index (χ2v) is 18.1. The summed E-state index contributed by atoms with van der Waals surface area (Å²) in [7, 11) is 0. The van der Waals surface area contributed by atoms with Gasteiger partial charge in [-0.2, -0.15) is 0 Å². The second-order valence-electron chi connectivity index (χ2n) is 18.1. The predicted octanol–water partition coefficient (Wildman–Crippen LogP) is 18.2. The number of benzene rings is 11. The molecule has 318 valence electrons. The number of rotatable bonds is 9. The third kappa shape index (κ3) is 7.06. The lowest BCUT2D eigenvalue weighted by atomic mass is 9.79. The molecule has 0 atom stereocenters. The third-order valence-electron chi connectivity index (χ3n) is 13.8. The molecular formula is C65H48N2. The fourth-order valence-electron chi connectivity index (χ4n) is 10.6. The van der Waals surface area contributed by atoms with Crippen molar-refractivity contribution in [1.82, 2.24) is 0 Å². The quantitative estimate of drug-likeness (QED) is 0.133. The molecule has 0 N–H and O–H groups in total. The highest BCUT2D eigenvalue weighted by Gasteiger charge is 2.39. The van der Waals surface area contributed by atoms with Gasteiger partial charge in [0.25, 0.3) is 0 Å². The largest absolute Gasteiger partial charge is 0.310 e. The number of hydrogen-bond acceptors (Lipinski definition) is 2. The molecule has 0 heterocycles. The lowest BCUT2D eigenvalue weighted by molar-refractivity contribution is 0.666. The van der Waals surface area contributed by atoms with Crippen molar-refractivity contribution >= 4 is 55.7 Å². The lowest BCUT2D eigenvalue weighted by Gasteiger charge is -2.29. The number of anilines is 6. The standard InChI is InChI=1S/C65H48N2/c1-65(2)62-44-56(67(53-35-29-49(30-36-53)46-19-9-4-10-20-46)54-37-31-50(32-38-54)47-21-11-5-12-22-47)40-42-60(62)63-58-26-16-15-25-57(58)61-43-55(39-41-59(61)64(63)65)66(51-23-13-6-14-24-51)52-33-27-48(28-34-52)45-17-7-3-8-18-45/h3-44H,1-2H3. The Bertz CT molecular complexity index is 3460. The Morgan fingerprint density at radius 1 is 0.269 bits per heavy atom. The summed E-state index contributed by atoms with van der Waals surface area (Å²) in [5.74, 6) is 0. The normalized spacial score (nSPS) is 12.4. The van der Waals surface area contributed by atoms with Gasteiger partial charge < -0.3 is 9.80 Å². The first-order valence-electron chi connectivity index (χ1n) is 23.3. The second kappa shape index (κ2) is 16.5. The molecule has 0 unspecified atom stereocenters. The average molecular weight is 857 g/mol. The Labute approximate surface area is 393 Å². The van der Waals surface area contributed by atoms with Gasteiger partial charge in [-0.3, -0.25) is 0 Å². The molecule has 11 aromatic carbocycles. The molecule has 2 heteroatoms. The van der Waals surface area contributed by atoms with Gasteiger partial charge in [-0.15, -0.1) is 0 Å². The summed E-state index contributed by atoms with van der Waals surface area (Å²) in [6.07, 6.45) is 0. The van der Waals surface area contributed by atoms with Crippen LogP contribution in [0.1, 0.15) is 25.0 Å². The molecule has 2 nitrogen and oxygen atoms in total. The van der Waals surface area contributed by atoms with Crippen LogP contribution in [-0.2, 0) is 5.41 Å². The Hall–Kier alpha value is -8.46. The summed E-state index contributed by atoms with van der Waals surface area (Å²) in [5.41, 5.74) is 19.0.